The van der Waals surface area contributed by atoms with Crippen molar-refractivity contribution in [1.29, 1.82) is 0 Å². The number of rotatable bonds is 4. The van der Waals surface area contributed by atoms with E-state index in [-0.39, 0.29) is 0 Å². The van der Waals surface area contributed by atoms with Crippen LogP contribution in [0, 0.1) is 0 Å². The van der Waals surface area contributed by atoms with Gasteiger partial charge < -0.3 is 10.1 Å². The lowest BCUT2D eigenvalue weighted by Crippen LogP contribution is -2.08. The maximum absolute atomic E-state index is 4.97. The maximum atomic E-state index is 4.97. The lowest BCUT2D eigenvalue weighted by molar-refractivity contribution is 0.293. The minimum Gasteiger partial charge on any atom is -0.501 e. The summed E-state index contributed by atoms with van der Waals surface area (Å²) >= 11 is 0. The van der Waals surface area contributed by atoms with Gasteiger partial charge in [-0.25, -0.2) is 0 Å². The first-order valence-electron chi connectivity index (χ1n) is 3.73. The maximum Gasteiger partial charge on any atom is 0.0924 e. The SMILES string of the molecule is CNC/C(C)=C\C=C(/C)OC. The van der Waals surface area contributed by atoms with E-state index in [0.717, 1.165) is 12.3 Å². The predicted molar refractivity (Wildman–Crippen MR) is 48.4 cm³/mol. The molecule has 0 aliphatic rings. The van der Waals surface area contributed by atoms with Gasteiger partial charge in [0.05, 0.1) is 12.9 Å². The minimum atomic E-state index is 0.924. The third kappa shape index (κ3) is 5.67. The van der Waals surface area contributed by atoms with Crippen LogP contribution in [0.1, 0.15) is 13.8 Å². The fourth-order valence-electron chi connectivity index (χ4n) is 0.665. The summed E-state index contributed by atoms with van der Waals surface area (Å²) in [6.45, 7) is 4.94. The molecule has 0 aromatic rings. The summed E-state index contributed by atoms with van der Waals surface area (Å²) in [5, 5.41) is 3.07. The number of hydrogen-bond donors (Lipinski definition) is 1. The fraction of sp³-hybridized carbons (Fsp3) is 0.556. The average Bonchev–Trinajstić information content (AvgIpc) is 2.01. The monoisotopic (exact) mass is 155 g/mol. The molecule has 1 N–H and O–H groups in total. The third-order valence-electron chi connectivity index (χ3n) is 1.38. The van der Waals surface area contributed by atoms with E-state index in [1.807, 2.05) is 20.0 Å². The van der Waals surface area contributed by atoms with Gasteiger partial charge in [0, 0.05) is 6.54 Å². The van der Waals surface area contributed by atoms with Crippen LogP contribution in [0.25, 0.3) is 0 Å². The van der Waals surface area contributed by atoms with Gasteiger partial charge in [0.15, 0.2) is 0 Å². The van der Waals surface area contributed by atoms with E-state index in [4.69, 9.17) is 4.74 Å². The van der Waals surface area contributed by atoms with Crippen molar-refractivity contribution in [3.63, 3.8) is 0 Å². The Morgan fingerprint density at radius 2 is 2.00 bits per heavy atom. The molecule has 0 spiro atoms. The Morgan fingerprint density at radius 1 is 1.36 bits per heavy atom. The summed E-state index contributed by atoms with van der Waals surface area (Å²) in [5.74, 6) is 0.931. The quantitative estimate of drug-likeness (QED) is 0.493. The molecule has 0 aliphatic carbocycles. The Balaban J connectivity index is 3.89. The Bertz CT molecular complexity index is 159. The molecule has 0 radical (unpaired) electrons. The van der Waals surface area contributed by atoms with Gasteiger partial charge in [0.25, 0.3) is 0 Å². The van der Waals surface area contributed by atoms with Gasteiger partial charge in [-0.2, -0.15) is 0 Å². The van der Waals surface area contributed by atoms with Gasteiger partial charge >= 0.3 is 0 Å². The van der Waals surface area contributed by atoms with Crippen molar-refractivity contribution < 1.29 is 4.74 Å². The molecule has 0 atom stereocenters. The van der Waals surface area contributed by atoms with E-state index in [1.54, 1.807) is 7.11 Å². The van der Waals surface area contributed by atoms with Crippen LogP contribution in [0.3, 0.4) is 0 Å². The zero-order valence-electron chi connectivity index (χ0n) is 7.77. The molecule has 0 saturated carbocycles. The number of methoxy groups -OCH3 is 1. The van der Waals surface area contributed by atoms with E-state index in [1.165, 1.54) is 5.57 Å². The second kappa shape index (κ2) is 5.98. The van der Waals surface area contributed by atoms with E-state index in [2.05, 4.69) is 18.3 Å². The van der Waals surface area contributed by atoms with Crippen LogP contribution in [-0.4, -0.2) is 20.7 Å². The largest absolute Gasteiger partial charge is 0.501 e. The Hall–Kier alpha value is -0.760. The van der Waals surface area contributed by atoms with Gasteiger partial charge in [-0.3, -0.25) is 0 Å². The summed E-state index contributed by atoms with van der Waals surface area (Å²) in [5.41, 5.74) is 1.30. The minimum absolute atomic E-state index is 0.924. The summed E-state index contributed by atoms with van der Waals surface area (Å²) in [7, 11) is 3.61. The number of hydrogen-bond acceptors (Lipinski definition) is 2. The summed E-state index contributed by atoms with van der Waals surface area (Å²) in [6, 6.07) is 0. The van der Waals surface area contributed by atoms with Crippen LogP contribution in [0.2, 0.25) is 0 Å². The highest BCUT2D eigenvalue weighted by Gasteiger charge is 1.84. The van der Waals surface area contributed by atoms with Crippen LogP contribution in [0.5, 0.6) is 0 Å². The van der Waals surface area contributed by atoms with Gasteiger partial charge in [-0.1, -0.05) is 11.6 Å². The molecule has 0 rings (SSSR count). The van der Waals surface area contributed by atoms with E-state index >= 15 is 0 Å². The van der Waals surface area contributed by atoms with Gasteiger partial charge in [-0.05, 0) is 27.0 Å². The van der Waals surface area contributed by atoms with Crippen molar-refractivity contribution in [2.45, 2.75) is 13.8 Å². The molecular formula is C9H17NO. The molecule has 0 amide bonds. The van der Waals surface area contributed by atoms with Crippen LogP contribution < -0.4 is 5.32 Å². The van der Waals surface area contributed by atoms with Crippen molar-refractivity contribution in [2.24, 2.45) is 0 Å². The first-order valence-corrected chi connectivity index (χ1v) is 3.73. The molecule has 0 aromatic carbocycles. The first kappa shape index (κ1) is 10.2. The molecule has 0 aliphatic heterocycles. The molecule has 64 valence electrons. The second-order valence-corrected chi connectivity index (χ2v) is 2.52. The molecule has 0 bridgehead atoms. The molecule has 0 aromatic heterocycles. The molecule has 0 heterocycles. The molecule has 0 unspecified atom stereocenters. The molecular weight excluding hydrogens is 138 g/mol. The summed E-state index contributed by atoms with van der Waals surface area (Å²) in [4.78, 5) is 0. The highest BCUT2D eigenvalue weighted by molar-refractivity contribution is 5.13. The number of ether oxygens (including phenoxy) is 1. The summed E-state index contributed by atoms with van der Waals surface area (Å²) in [6.07, 6.45) is 4.02. The van der Waals surface area contributed by atoms with Crippen LogP contribution in [-0.2, 0) is 4.74 Å². The molecule has 0 fully saturated rings. The van der Waals surface area contributed by atoms with Crippen LogP contribution >= 0.6 is 0 Å². The van der Waals surface area contributed by atoms with Crippen molar-refractivity contribution in [3.8, 4) is 0 Å². The van der Waals surface area contributed by atoms with E-state index in [9.17, 15) is 0 Å². The van der Waals surface area contributed by atoms with Crippen molar-refractivity contribution in [3.05, 3.63) is 23.5 Å². The zero-order valence-corrected chi connectivity index (χ0v) is 7.77. The fourth-order valence-corrected chi connectivity index (χ4v) is 0.665. The number of nitrogens with one attached hydrogen (secondary N) is 1. The number of allylic oxidation sites excluding steroid dienone is 3. The normalized spacial score (nSPS) is 13.5. The van der Waals surface area contributed by atoms with Crippen molar-refractivity contribution in [1.82, 2.24) is 5.32 Å². The molecule has 11 heavy (non-hydrogen) atoms. The second-order valence-electron chi connectivity index (χ2n) is 2.52. The van der Waals surface area contributed by atoms with Gasteiger partial charge in [0.1, 0.15) is 0 Å². The standard InChI is InChI=1S/C9H17NO/c1-8(7-10-3)5-6-9(2)11-4/h5-6,10H,7H2,1-4H3/b8-5-,9-6+. The van der Waals surface area contributed by atoms with Gasteiger partial charge in [0.2, 0.25) is 0 Å². The Morgan fingerprint density at radius 3 is 2.45 bits per heavy atom. The zero-order chi connectivity index (χ0) is 8.69. The predicted octanol–water partition coefficient (Wildman–Crippen LogP) is 1.70. The van der Waals surface area contributed by atoms with Crippen molar-refractivity contribution >= 4 is 0 Å². The van der Waals surface area contributed by atoms with E-state index < -0.39 is 0 Å². The molecule has 2 heteroatoms. The third-order valence-corrected chi connectivity index (χ3v) is 1.38. The molecule has 0 saturated heterocycles. The van der Waals surface area contributed by atoms with Crippen LogP contribution in [0.4, 0.5) is 0 Å². The lowest BCUT2D eigenvalue weighted by Gasteiger charge is -1.98. The van der Waals surface area contributed by atoms with Gasteiger partial charge in [-0.15, -0.1) is 0 Å². The Labute approximate surface area is 68.9 Å². The average molecular weight is 155 g/mol. The summed E-state index contributed by atoms with van der Waals surface area (Å²) < 4.78 is 4.97. The molecule has 2 nitrogen and oxygen atoms in total. The number of likely N-dealkylation sites (N-methyl/N-ethyl adjacent to an activating group) is 1. The lowest BCUT2D eigenvalue weighted by atomic mass is 10.2. The van der Waals surface area contributed by atoms with Crippen LogP contribution in [0.15, 0.2) is 23.5 Å². The highest BCUT2D eigenvalue weighted by atomic mass is 16.5. The van der Waals surface area contributed by atoms with Crippen molar-refractivity contribution in [2.75, 3.05) is 20.7 Å². The highest BCUT2D eigenvalue weighted by Crippen LogP contribution is 1.96. The Kier molecular flexibility index (Phi) is 5.57. The smallest absolute Gasteiger partial charge is 0.0924 e. The van der Waals surface area contributed by atoms with E-state index in [0.29, 0.717) is 0 Å². The topological polar surface area (TPSA) is 21.3 Å². The first-order chi connectivity index (χ1) is 5.20.